The Hall–Kier alpha value is -4.55. The maximum atomic E-state index is 14.5. The van der Waals surface area contributed by atoms with Crippen LogP contribution in [-0.4, -0.2) is 149 Å². The maximum absolute atomic E-state index is 14.5. The highest BCUT2D eigenvalue weighted by atomic mass is 32.1. The number of imide groups is 1. The lowest BCUT2D eigenvalue weighted by Gasteiger charge is -2.41. The van der Waals surface area contributed by atoms with E-state index >= 15 is 0 Å². The van der Waals surface area contributed by atoms with Crippen molar-refractivity contribution in [3.63, 3.8) is 0 Å². The number of carboxylic acids is 1. The fourth-order valence-electron chi connectivity index (χ4n) is 9.05. The summed E-state index contributed by atoms with van der Waals surface area (Å²) in [5.74, 6) is -5.25. The van der Waals surface area contributed by atoms with Gasteiger partial charge in [-0.15, -0.1) is 0 Å². The van der Waals surface area contributed by atoms with Gasteiger partial charge < -0.3 is 40.3 Å². The molecule has 2 unspecified atom stereocenters. The smallest absolute Gasteiger partial charge is 0.326 e. The number of nitrogens with one attached hydrogen (secondary N) is 3. The van der Waals surface area contributed by atoms with Crippen LogP contribution in [0.5, 0.6) is 0 Å². The van der Waals surface area contributed by atoms with Gasteiger partial charge >= 0.3 is 5.97 Å². The normalized spacial score (nSPS) is 20.0. The lowest BCUT2D eigenvalue weighted by Crippen LogP contribution is -2.60. The number of carboxylic acid groups (broad SMARTS) is 1. The number of hydrogen-bond acceptors (Lipinski definition) is 11. The average Bonchev–Trinajstić information content (AvgIpc) is 3.86. The van der Waals surface area contributed by atoms with E-state index in [1.165, 1.54) is 19.1 Å². The van der Waals surface area contributed by atoms with Gasteiger partial charge in [0.15, 0.2) is 0 Å². The highest BCUT2D eigenvalue weighted by Gasteiger charge is 2.44. The molecule has 0 aliphatic carbocycles. The molecule has 2 saturated heterocycles. The lowest BCUT2D eigenvalue weighted by molar-refractivity contribution is -0.148. The van der Waals surface area contributed by atoms with Crippen LogP contribution in [0.2, 0.25) is 0 Å². The molecule has 0 saturated carbocycles. The first-order valence-electron chi connectivity index (χ1n) is 23.5. The number of benzene rings is 1. The summed E-state index contributed by atoms with van der Waals surface area (Å²) >= 11 is 4.15. The summed E-state index contributed by atoms with van der Waals surface area (Å²) in [6.45, 7) is 13.6. The van der Waals surface area contributed by atoms with Gasteiger partial charge in [0.2, 0.25) is 41.4 Å². The SMILES string of the molecule is CC[C@H](C)[C@@H]([C@@H](CC(=O)N1CCC[C@H]1[C@H](OC)[C@@H](C)C(=O)N[C@@H](Cc1ccccc1)C(=O)O)OC)N(C)C(=O)C(NC(=O)[C@@H](NC(=O)CCCCCN1C(=O)CC(S)C1=O)C(C)C)C(C)C. The van der Waals surface area contributed by atoms with E-state index in [0.717, 1.165) is 5.56 Å². The van der Waals surface area contributed by atoms with Gasteiger partial charge in [-0.3, -0.25) is 38.5 Å². The number of unbranched alkanes of at least 4 members (excludes halogenated alkanes) is 2. The van der Waals surface area contributed by atoms with Crippen LogP contribution in [0.4, 0.5) is 0 Å². The zero-order chi connectivity index (χ0) is 49.4. The molecular formula is C48H76N6O11S. The van der Waals surface area contributed by atoms with Crippen LogP contribution in [0.1, 0.15) is 112 Å². The Morgan fingerprint density at radius 2 is 1.53 bits per heavy atom. The minimum atomic E-state index is -1.16. The van der Waals surface area contributed by atoms with E-state index in [-0.39, 0.29) is 79.5 Å². The molecule has 370 valence electrons. The van der Waals surface area contributed by atoms with Crippen LogP contribution in [0.25, 0.3) is 0 Å². The third-order valence-corrected chi connectivity index (χ3v) is 13.6. The van der Waals surface area contributed by atoms with E-state index in [4.69, 9.17) is 9.47 Å². The summed E-state index contributed by atoms with van der Waals surface area (Å²) < 4.78 is 11.9. The quantitative estimate of drug-likeness (QED) is 0.0487. The Bertz CT molecular complexity index is 1820. The van der Waals surface area contributed by atoms with E-state index in [1.54, 1.807) is 61.9 Å². The van der Waals surface area contributed by atoms with E-state index < -0.39 is 71.4 Å². The van der Waals surface area contributed by atoms with Gasteiger partial charge in [0.1, 0.15) is 18.1 Å². The number of rotatable bonds is 27. The molecule has 2 fully saturated rings. The first kappa shape index (κ1) is 55.8. The molecule has 0 radical (unpaired) electrons. The summed E-state index contributed by atoms with van der Waals surface area (Å²) in [6.07, 6.45) is 2.26. The van der Waals surface area contributed by atoms with Gasteiger partial charge in [0, 0.05) is 53.6 Å². The summed E-state index contributed by atoms with van der Waals surface area (Å²) in [5.41, 5.74) is 0.762. The second-order valence-corrected chi connectivity index (χ2v) is 19.2. The topological polar surface area (TPSA) is 221 Å². The number of carbonyl (C=O) groups excluding carboxylic acids is 7. The molecule has 0 spiro atoms. The minimum Gasteiger partial charge on any atom is -0.480 e. The van der Waals surface area contributed by atoms with Crippen molar-refractivity contribution >= 4 is 59.9 Å². The molecule has 1 aromatic rings. The molecule has 1 aromatic carbocycles. The molecule has 66 heavy (non-hydrogen) atoms. The van der Waals surface area contributed by atoms with Crippen LogP contribution >= 0.6 is 12.6 Å². The van der Waals surface area contributed by atoms with Crippen LogP contribution in [0.3, 0.4) is 0 Å². The van der Waals surface area contributed by atoms with Crippen molar-refractivity contribution in [1.29, 1.82) is 0 Å². The van der Waals surface area contributed by atoms with Crippen LogP contribution < -0.4 is 16.0 Å². The molecule has 2 aliphatic heterocycles. The number of methoxy groups -OCH3 is 2. The second-order valence-electron chi connectivity index (χ2n) is 18.6. The molecule has 2 heterocycles. The van der Waals surface area contributed by atoms with E-state index in [0.29, 0.717) is 45.1 Å². The summed E-state index contributed by atoms with van der Waals surface area (Å²) in [5, 5.41) is 17.7. The van der Waals surface area contributed by atoms with E-state index in [9.17, 15) is 43.5 Å². The molecular weight excluding hydrogens is 869 g/mol. The monoisotopic (exact) mass is 945 g/mol. The van der Waals surface area contributed by atoms with Crippen LogP contribution in [0.15, 0.2) is 30.3 Å². The fourth-order valence-corrected chi connectivity index (χ4v) is 9.34. The van der Waals surface area contributed by atoms with Gasteiger partial charge in [-0.05, 0) is 49.0 Å². The summed E-state index contributed by atoms with van der Waals surface area (Å²) in [4.78, 5) is 110. The largest absolute Gasteiger partial charge is 0.480 e. The zero-order valence-electron chi connectivity index (χ0n) is 40.6. The lowest BCUT2D eigenvalue weighted by atomic mass is 9.89. The van der Waals surface area contributed by atoms with E-state index in [2.05, 4.69) is 28.6 Å². The Morgan fingerprint density at radius 3 is 2.08 bits per heavy atom. The number of aliphatic carboxylic acids is 1. The fraction of sp³-hybridized carbons (Fsp3) is 0.708. The van der Waals surface area contributed by atoms with Crippen molar-refractivity contribution < 1.29 is 52.9 Å². The number of thiol groups is 1. The highest BCUT2D eigenvalue weighted by molar-refractivity contribution is 7.81. The van der Waals surface area contributed by atoms with Gasteiger partial charge in [0.05, 0.1) is 41.9 Å². The van der Waals surface area contributed by atoms with Crippen molar-refractivity contribution in [2.75, 3.05) is 34.4 Å². The molecule has 7 amide bonds. The average molecular weight is 945 g/mol. The Morgan fingerprint density at radius 1 is 0.879 bits per heavy atom. The molecule has 2 aliphatic rings. The highest BCUT2D eigenvalue weighted by Crippen LogP contribution is 2.30. The number of ether oxygens (including phenoxy) is 2. The standard InChI is InChI=1S/C48H76N6O11S/c1-11-30(6)42(35(64-9)26-38(56)53-24-18-21-34(53)43(65-10)31(7)44(58)49-33(48(62)63)25-32-19-14-12-15-20-32)52(8)47(61)41(29(4)5)51-45(59)40(28(2)3)50-37(55)22-16-13-17-23-54-39(57)27-36(66)46(54)60/h12,14-15,19-20,28-31,33-36,40-43,66H,11,13,16-18,21-27H2,1-10H3,(H,49,58)(H,50,55)(H,51,59)(H,62,63)/t30-,31+,33-,34-,35+,36?,40-,41?,42-,43+/m0/s1. The number of hydrogen-bond donors (Lipinski definition) is 5. The Balaban J connectivity index is 1.68. The van der Waals surface area contributed by atoms with Crippen LogP contribution in [0, 0.1) is 23.7 Å². The van der Waals surface area contributed by atoms with Gasteiger partial charge in [-0.25, -0.2) is 4.79 Å². The molecule has 0 bridgehead atoms. The third-order valence-electron chi connectivity index (χ3n) is 13.2. The molecule has 4 N–H and O–H groups in total. The van der Waals surface area contributed by atoms with Crippen molar-refractivity contribution in [2.45, 2.75) is 160 Å². The first-order valence-corrected chi connectivity index (χ1v) is 24.0. The number of amides is 7. The number of carbonyl (C=O) groups is 8. The first-order chi connectivity index (χ1) is 31.2. The number of likely N-dealkylation sites (N-methyl/N-ethyl adjacent to an activating group) is 1. The number of nitrogens with zero attached hydrogens (tertiary/aromatic N) is 3. The zero-order valence-corrected chi connectivity index (χ0v) is 41.5. The molecule has 10 atom stereocenters. The molecule has 3 rings (SSSR count). The van der Waals surface area contributed by atoms with Crippen LogP contribution in [-0.2, 0) is 54.3 Å². The molecule has 18 heteroatoms. The van der Waals surface area contributed by atoms with Gasteiger partial charge in [0.25, 0.3) is 0 Å². The van der Waals surface area contributed by atoms with Crippen molar-refractivity contribution in [1.82, 2.24) is 30.7 Å². The summed E-state index contributed by atoms with van der Waals surface area (Å²) in [7, 11) is 4.62. The maximum Gasteiger partial charge on any atom is 0.326 e. The Kier molecular flexibility index (Phi) is 22.6. The predicted molar refractivity (Wildman–Crippen MR) is 252 cm³/mol. The minimum absolute atomic E-state index is 0.0837. The van der Waals surface area contributed by atoms with Crippen molar-refractivity contribution in [2.24, 2.45) is 23.7 Å². The second kappa shape index (κ2) is 26.7. The third kappa shape index (κ3) is 15.2. The van der Waals surface area contributed by atoms with Crippen molar-refractivity contribution in [3.05, 3.63) is 35.9 Å². The molecule has 0 aromatic heterocycles. The van der Waals surface area contributed by atoms with Gasteiger partial charge in [-0.2, -0.15) is 12.6 Å². The van der Waals surface area contributed by atoms with Gasteiger partial charge in [-0.1, -0.05) is 91.6 Å². The van der Waals surface area contributed by atoms with E-state index in [1.807, 2.05) is 33.8 Å². The van der Waals surface area contributed by atoms with Crippen molar-refractivity contribution in [3.8, 4) is 0 Å². The summed E-state index contributed by atoms with van der Waals surface area (Å²) in [6, 6.07) is 4.90. The predicted octanol–water partition coefficient (Wildman–Crippen LogP) is 3.62. The Labute approximate surface area is 396 Å². The molecule has 17 nitrogen and oxygen atoms in total. The number of likely N-dealkylation sites (tertiary alicyclic amines) is 2.